The number of aromatic nitrogens is 2. The number of nitrogens with one attached hydrogen (secondary N) is 1. The lowest BCUT2D eigenvalue weighted by Gasteiger charge is -2.20. The van der Waals surface area contributed by atoms with E-state index in [1.165, 1.54) is 0 Å². The van der Waals surface area contributed by atoms with Gasteiger partial charge in [-0.25, -0.2) is 4.98 Å². The third kappa shape index (κ3) is 2.98. The van der Waals surface area contributed by atoms with E-state index in [0.29, 0.717) is 18.0 Å². The third-order valence-electron chi connectivity index (χ3n) is 2.77. The van der Waals surface area contributed by atoms with Gasteiger partial charge < -0.3 is 9.88 Å². The van der Waals surface area contributed by atoms with Crippen molar-refractivity contribution in [2.24, 2.45) is 5.92 Å². The van der Waals surface area contributed by atoms with Gasteiger partial charge >= 0.3 is 0 Å². The van der Waals surface area contributed by atoms with Gasteiger partial charge in [0.25, 0.3) is 0 Å². The number of hydrogen-bond donors (Lipinski definition) is 1. The predicted molar refractivity (Wildman–Crippen MR) is 65.3 cm³/mol. The maximum atomic E-state index is 4.51. The summed E-state index contributed by atoms with van der Waals surface area (Å²) in [6.07, 6.45) is 2.10. The Balaban J connectivity index is 2.84. The van der Waals surface area contributed by atoms with Crippen molar-refractivity contribution in [3.63, 3.8) is 0 Å². The highest BCUT2D eigenvalue weighted by Crippen LogP contribution is 2.17. The van der Waals surface area contributed by atoms with E-state index in [4.69, 9.17) is 0 Å². The Morgan fingerprint density at radius 2 is 1.80 bits per heavy atom. The zero-order valence-electron chi connectivity index (χ0n) is 10.7. The van der Waals surface area contributed by atoms with Crippen molar-refractivity contribution in [3.8, 4) is 0 Å². The molecule has 0 aliphatic carbocycles. The molecule has 0 spiro atoms. The number of nitrogens with zero attached hydrogens (tertiary/aromatic N) is 2. The fraction of sp³-hybridized carbons (Fsp3) is 0.750. The van der Waals surface area contributed by atoms with E-state index in [-0.39, 0.29) is 0 Å². The second-order valence-electron chi connectivity index (χ2n) is 4.88. The third-order valence-corrected chi connectivity index (χ3v) is 2.77. The topological polar surface area (TPSA) is 29.9 Å². The van der Waals surface area contributed by atoms with Crippen LogP contribution in [0.25, 0.3) is 0 Å². The Kier molecular flexibility index (Phi) is 3.77. The maximum absolute atomic E-state index is 4.51. The van der Waals surface area contributed by atoms with Gasteiger partial charge in [-0.1, -0.05) is 13.8 Å². The molecule has 1 N–H and O–H groups in total. The lowest BCUT2D eigenvalue weighted by atomic mass is 10.1. The quantitative estimate of drug-likeness (QED) is 0.825. The molecule has 1 aromatic rings. The van der Waals surface area contributed by atoms with Gasteiger partial charge in [-0.05, 0) is 33.6 Å². The normalized spacial score (nSPS) is 13.6. The highest BCUT2D eigenvalue weighted by Gasteiger charge is 2.12. The molecule has 0 amide bonds. The minimum Gasteiger partial charge on any atom is -0.353 e. The average Bonchev–Trinajstić information content (AvgIpc) is 2.46. The molecule has 1 rings (SSSR count). The van der Waals surface area contributed by atoms with Gasteiger partial charge in [0.15, 0.2) is 0 Å². The Hall–Kier alpha value is -0.990. The van der Waals surface area contributed by atoms with Gasteiger partial charge in [0.2, 0.25) is 5.95 Å². The van der Waals surface area contributed by atoms with Crippen LogP contribution in [0.2, 0.25) is 0 Å². The summed E-state index contributed by atoms with van der Waals surface area (Å²) in [5.74, 6) is 1.60. The summed E-state index contributed by atoms with van der Waals surface area (Å²) in [4.78, 5) is 4.51. The van der Waals surface area contributed by atoms with Crippen LogP contribution >= 0.6 is 0 Å². The first-order chi connectivity index (χ1) is 6.91. The summed E-state index contributed by atoms with van der Waals surface area (Å²) in [7, 11) is 0. The largest absolute Gasteiger partial charge is 0.353 e. The molecule has 15 heavy (non-hydrogen) atoms. The Morgan fingerprint density at radius 1 is 1.20 bits per heavy atom. The first kappa shape index (κ1) is 12.1. The Morgan fingerprint density at radius 3 is 2.27 bits per heavy atom. The summed E-state index contributed by atoms with van der Waals surface area (Å²) >= 11 is 0. The van der Waals surface area contributed by atoms with Crippen LogP contribution < -0.4 is 5.32 Å². The molecule has 1 atom stereocenters. The van der Waals surface area contributed by atoms with Crippen molar-refractivity contribution in [2.45, 2.75) is 53.6 Å². The maximum Gasteiger partial charge on any atom is 0.203 e. The number of hydrogen-bond acceptors (Lipinski definition) is 2. The Bertz CT molecular complexity index is 313. The highest BCUT2D eigenvalue weighted by molar-refractivity contribution is 5.30. The van der Waals surface area contributed by atoms with E-state index in [1.54, 1.807) is 0 Å². The lowest BCUT2D eigenvalue weighted by Crippen LogP contribution is -2.24. The number of aryl methyl sites for hydroxylation is 1. The highest BCUT2D eigenvalue weighted by atomic mass is 15.2. The van der Waals surface area contributed by atoms with Crippen LogP contribution in [0.4, 0.5) is 5.95 Å². The van der Waals surface area contributed by atoms with Crippen molar-refractivity contribution in [3.05, 3.63) is 11.9 Å². The monoisotopic (exact) mass is 209 g/mol. The SMILES string of the molecule is Cc1cn(C(C)C)c(NC(C)C(C)C)n1. The van der Waals surface area contributed by atoms with Gasteiger partial charge in [0.1, 0.15) is 0 Å². The second kappa shape index (κ2) is 4.69. The minimum atomic E-state index is 0.448. The smallest absolute Gasteiger partial charge is 0.203 e. The van der Waals surface area contributed by atoms with E-state index in [2.05, 4.69) is 55.7 Å². The summed E-state index contributed by atoms with van der Waals surface area (Å²) in [6, 6.07) is 0.900. The number of anilines is 1. The van der Waals surface area contributed by atoms with Crippen molar-refractivity contribution >= 4 is 5.95 Å². The number of rotatable bonds is 4. The minimum absolute atomic E-state index is 0.448. The molecule has 1 unspecified atom stereocenters. The molecule has 0 aliphatic rings. The van der Waals surface area contributed by atoms with E-state index < -0.39 is 0 Å². The van der Waals surface area contributed by atoms with Gasteiger partial charge in [0.05, 0.1) is 5.69 Å². The van der Waals surface area contributed by atoms with Crippen LogP contribution in [0.3, 0.4) is 0 Å². The Labute approximate surface area is 92.9 Å². The zero-order chi connectivity index (χ0) is 11.6. The molecule has 0 radical (unpaired) electrons. The zero-order valence-corrected chi connectivity index (χ0v) is 10.7. The summed E-state index contributed by atoms with van der Waals surface area (Å²) < 4.78 is 2.19. The van der Waals surface area contributed by atoms with Crippen molar-refractivity contribution in [1.29, 1.82) is 0 Å². The molecule has 1 heterocycles. The van der Waals surface area contributed by atoms with Crippen LogP contribution in [-0.4, -0.2) is 15.6 Å². The van der Waals surface area contributed by atoms with Gasteiger partial charge in [-0.3, -0.25) is 0 Å². The first-order valence-corrected chi connectivity index (χ1v) is 5.73. The first-order valence-electron chi connectivity index (χ1n) is 5.73. The van der Waals surface area contributed by atoms with Gasteiger partial charge in [-0.2, -0.15) is 0 Å². The van der Waals surface area contributed by atoms with E-state index in [9.17, 15) is 0 Å². The van der Waals surface area contributed by atoms with Crippen LogP contribution in [-0.2, 0) is 0 Å². The molecule has 0 bridgehead atoms. The molecule has 0 saturated carbocycles. The predicted octanol–water partition coefficient (Wildman–Crippen LogP) is 3.23. The summed E-state index contributed by atoms with van der Waals surface area (Å²) in [6.45, 7) is 13.0. The molecule has 0 aromatic carbocycles. The van der Waals surface area contributed by atoms with Crippen LogP contribution in [0.5, 0.6) is 0 Å². The molecule has 3 nitrogen and oxygen atoms in total. The second-order valence-corrected chi connectivity index (χ2v) is 4.88. The van der Waals surface area contributed by atoms with Gasteiger partial charge in [0, 0.05) is 18.3 Å². The van der Waals surface area contributed by atoms with Crippen LogP contribution in [0, 0.1) is 12.8 Å². The van der Waals surface area contributed by atoms with Crippen LogP contribution in [0.15, 0.2) is 6.20 Å². The average molecular weight is 209 g/mol. The fourth-order valence-electron chi connectivity index (χ4n) is 1.39. The molecule has 0 aliphatic heterocycles. The molecular formula is C12H23N3. The molecule has 1 aromatic heterocycles. The summed E-state index contributed by atoms with van der Waals surface area (Å²) in [5, 5.41) is 3.46. The molecule has 0 fully saturated rings. The van der Waals surface area contributed by atoms with E-state index >= 15 is 0 Å². The summed E-state index contributed by atoms with van der Waals surface area (Å²) in [5.41, 5.74) is 1.07. The number of imidazole rings is 1. The standard InChI is InChI=1S/C12H23N3/c1-8(2)11(6)14-12-13-10(5)7-15(12)9(3)4/h7-9,11H,1-6H3,(H,13,14). The van der Waals surface area contributed by atoms with Crippen molar-refractivity contribution < 1.29 is 0 Å². The van der Waals surface area contributed by atoms with Gasteiger partial charge in [-0.15, -0.1) is 0 Å². The molecule has 86 valence electrons. The van der Waals surface area contributed by atoms with E-state index in [0.717, 1.165) is 11.6 Å². The molecule has 3 heteroatoms. The molecular weight excluding hydrogens is 186 g/mol. The fourth-order valence-corrected chi connectivity index (χ4v) is 1.39. The lowest BCUT2D eigenvalue weighted by molar-refractivity contribution is 0.540. The molecule has 0 saturated heterocycles. The van der Waals surface area contributed by atoms with Crippen LogP contribution in [0.1, 0.15) is 46.4 Å². The van der Waals surface area contributed by atoms with Crippen molar-refractivity contribution in [1.82, 2.24) is 9.55 Å². The van der Waals surface area contributed by atoms with E-state index in [1.807, 2.05) is 6.92 Å². The van der Waals surface area contributed by atoms with Crippen molar-refractivity contribution in [2.75, 3.05) is 5.32 Å².